The van der Waals surface area contributed by atoms with E-state index in [4.69, 9.17) is 0 Å². The molecule has 2 rings (SSSR count). The number of carbonyl (C=O) groups excluding carboxylic acids is 1. The van der Waals surface area contributed by atoms with Crippen LogP contribution in [0.5, 0.6) is 0 Å². The Hall–Kier alpha value is -1.81. The number of hydrogen-bond acceptors (Lipinski definition) is 3. The van der Waals surface area contributed by atoms with Gasteiger partial charge in [0.15, 0.2) is 0 Å². The fraction of sp³-hybridized carbons (Fsp3) is 0.0769. The molecule has 1 amide bonds. The summed E-state index contributed by atoms with van der Waals surface area (Å²) in [7, 11) is 1.73. The zero-order valence-corrected chi connectivity index (χ0v) is 10.3. The van der Waals surface area contributed by atoms with Gasteiger partial charge in [0.2, 0.25) is 0 Å². The maximum atomic E-state index is 12.1. The molecule has 0 saturated heterocycles. The van der Waals surface area contributed by atoms with E-state index in [1.165, 1.54) is 0 Å². The molecule has 0 saturated carbocycles. The van der Waals surface area contributed by atoms with Gasteiger partial charge in [-0.05, 0) is 36.4 Å². The lowest BCUT2D eigenvalue weighted by molar-refractivity contribution is 0.0993. The molecule has 1 heterocycles. The molecule has 0 spiro atoms. The lowest BCUT2D eigenvalue weighted by atomic mass is 10.2. The quantitative estimate of drug-likeness (QED) is 0.824. The first-order valence-corrected chi connectivity index (χ1v) is 5.60. The number of nitrogens with zero attached hydrogens (tertiary/aromatic N) is 2. The Bertz CT molecular complexity index is 511. The molecule has 0 aliphatic rings. The topological polar surface area (TPSA) is 33.2 Å². The molecule has 0 radical (unpaired) electrons. The van der Waals surface area contributed by atoms with E-state index in [1.54, 1.807) is 54.7 Å². The summed E-state index contributed by atoms with van der Waals surface area (Å²) >= 11 is 4.19. The Morgan fingerprint density at radius 3 is 2.53 bits per heavy atom. The predicted molar refractivity (Wildman–Crippen MR) is 70.7 cm³/mol. The van der Waals surface area contributed by atoms with E-state index < -0.39 is 0 Å². The molecular formula is C13H12N2OS. The third-order valence-corrected chi connectivity index (χ3v) is 2.75. The van der Waals surface area contributed by atoms with Gasteiger partial charge in [-0.2, -0.15) is 0 Å². The van der Waals surface area contributed by atoms with Gasteiger partial charge in [-0.3, -0.25) is 9.78 Å². The van der Waals surface area contributed by atoms with Crippen LogP contribution in [0.1, 0.15) is 10.4 Å². The Kier molecular flexibility index (Phi) is 3.44. The summed E-state index contributed by atoms with van der Waals surface area (Å²) in [4.78, 5) is 18.5. The molecule has 0 atom stereocenters. The lowest BCUT2D eigenvalue weighted by Crippen LogP contribution is -2.26. The molecule has 0 unspecified atom stereocenters. The van der Waals surface area contributed by atoms with Crippen LogP contribution in [0.15, 0.2) is 53.7 Å². The van der Waals surface area contributed by atoms with E-state index in [1.807, 2.05) is 6.07 Å². The normalized spacial score (nSPS) is 10.0. The first-order valence-electron chi connectivity index (χ1n) is 5.15. The van der Waals surface area contributed by atoms with Gasteiger partial charge in [0.05, 0.1) is 11.9 Å². The second-order valence-corrected chi connectivity index (χ2v) is 4.14. The highest BCUT2D eigenvalue weighted by Crippen LogP contribution is 2.15. The highest BCUT2D eigenvalue weighted by Gasteiger charge is 2.12. The average molecular weight is 244 g/mol. The number of rotatable bonds is 2. The Balaban J connectivity index is 2.23. The van der Waals surface area contributed by atoms with Gasteiger partial charge in [0, 0.05) is 23.7 Å². The number of pyridine rings is 1. The van der Waals surface area contributed by atoms with E-state index in [0.717, 1.165) is 10.6 Å². The van der Waals surface area contributed by atoms with Crippen molar-refractivity contribution in [2.45, 2.75) is 4.90 Å². The fourth-order valence-electron chi connectivity index (χ4n) is 1.47. The van der Waals surface area contributed by atoms with Crippen LogP contribution >= 0.6 is 12.6 Å². The summed E-state index contributed by atoms with van der Waals surface area (Å²) < 4.78 is 0. The minimum absolute atomic E-state index is 0.0636. The van der Waals surface area contributed by atoms with E-state index in [-0.39, 0.29) is 5.91 Å². The fourth-order valence-corrected chi connectivity index (χ4v) is 1.62. The summed E-state index contributed by atoms with van der Waals surface area (Å²) in [5, 5.41) is 0. The summed E-state index contributed by atoms with van der Waals surface area (Å²) in [6.45, 7) is 0. The summed E-state index contributed by atoms with van der Waals surface area (Å²) in [5.74, 6) is -0.0636. The first kappa shape index (κ1) is 11.7. The first-order chi connectivity index (χ1) is 8.18. The van der Waals surface area contributed by atoms with E-state index >= 15 is 0 Å². The van der Waals surface area contributed by atoms with Crippen LogP contribution in [-0.2, 0) is 0 Å². The number of hydrogen-bond donors (Lipinski definition) is 1. The van der Waals surface area contributed by atoms with Crippen LogP contribution in [0.3, 0.4) is 0 Å². The van der Waals surface area contributed by atoms with Gasteiger partial charge in [-0.15, -0.1) is 12.6 Å². The maximum absolute atomic E-state index is 12.1. The average Bonchev–Trinajstić information content (AvgIpc) is 2.39. The van der Waals surface area contributed by atoms with E-state index in [0.29, 0.717) is 5.56 Å². The Morgan fingerprint density at radius 1 is 1.24 bits per heavy atom. The molecule has 1 aromatic heterocycles. The SMILES string of the molecule is CN(C(=O)c1ccc(S)cc1)c1cccnc1. The minimum atomic E-state index is -0.0636. The van der Waals surface area contributed by atoms with Crippen LogP contribution in [0.4, 0.5) is 5.69 Å². The van der Waals surface area contributed by atoms with Gasteiger partial charge in [-0.1, -0.05) is 0 Å². The van der Waals surface area contributed by atoms with Crippen molar-refractivity contribution < 1.29 is 4.79 Å². The van der Waals surface area contributed by atoms with E-state index in [2.05, 4.69) is 17.6 Å². The number of aromatic nitrogens is 1. The highest BCUT2D eigenvalue weighted by molar-refractivity contribution is 7.80. The molecule has 86 valence electrons. The zero-order valence-electron chi connectivity index (χ0n) is 9.37. The van der Waals surface area contributed by atoms with E-state index in [9.17, 15) is 4.79 Å². The molecule has 0 N–H and O–H groups in total. The molecule has 17 heavy (non-hydrogen) atoms. The molecule has 0 bridgehead atoms. The van der Waals surface area contributed by atoms with Crippen molar-refractivity contribution in [2.75, 3.05) is 11.9 Å². The Morgan fingerprint density at radius 2 is 1.94 bits per heavy atom. The van der Waals surface area contributed by atoms with Crippen molar-refractivity contribution in [3.05, 3.63) is 54.4 Å². The lowest BCUT2D eigenvalue weighted by Gasteiger charge is -2.16. The number of anilines is 1. The van der Waals surface area contributed by atoms with Crippen LogP contribution in [-0.4, -0.2) is 17.9 Å². The summed E-state index contributed by atoms with van der Waals surface area (Å²) in [6, 6.07) is 10.8. The van der Waals surface area contributed by atoms with Gasteiger partial charge >= 0.3 is 0 Å². The molecule has 1 aromatic carbocycles. The van der Waals surface area contributed by atoms with Crippen molar-refractivity contribution in [3.8, 4) is 0 Å². The van der Waals surface area contributed by atoms with Gasteiger partial charge < -0.3 is 4.90 Å². The maximum Gasteiger partial charge on any atom is 0.258 e. The van der Waals surface area contributed by atoms with Crippen molar-refractivity contribution >= 4 is 24.2 Å². The summed E-state index contributed by atoms with van der Waals surface area (Å²) in [5.41, 5.74) is 1.40. The minimum Gasteiger partial charge on any atom is -0.310 e. The van der Waals surface area contributed by atoms with Crippen molar-refractivity contribution in [1.29, 1.82) is 0 Å². The number of thiol groups is 1. The molecular weight excluding hydrogens is 232 g/mol. The largest absolute Gasteiger partial charge is 0.310 e. The smallest absolute Gasteiger partial charge is 0.258 e. The van der Waals surface area contributed by atoms with Crippen molar-refractivity contribution in [2.24, 2.45) is 0 Å². The second-order valence-electron chi connectivity index (χ2n) is 3.62. The van der Waals surface area contributed by atoms with Crippen molar-refractivity contribution in [1.82, 2.24) is 4.98 Å². The van der Waals surface area contributed by atoms with Crippen LogP contribution in [0.2, 0.25) is 0 Å². The molecule has 3 nitrogen and oxygen atoms in total. The highest BCUT2D eigenvalue weighted by atomic mass is 32.1. The second kappa shape index (κ2) is 5.01. The number of benzene rings is 1. The number of amides is 1. The molecule has 0 fully saturated rings. The molecule has 0 aliphatic carbocycles. The van der Waals surface area contributed by atoms with Gasteiger partial charge in [0.25, 0.3) is 5.91 Å². The molecule has 0 aliphatic heterocycles. The number of carbonyl (C=O) groups is 1. The third-order valence-electron chi connectivity index (χ3n) is 2.45. The third kappa shape index (κ3) is 2.65. The summed E-state index contributed by atoms with van der Waals surface area (Å²) in [6.07, 6.45) is 3.34. The van der Waals surface area contributed by atoms with Gasteiger partial charge in [-0.25, -0.2) is 0 Å². The predicted octanol–water partition coefficient (Wildman–Crippen LogP) is 2.65. The molecule has 2 aromatic rings. The monoisotopic (exact) mass is 244 g/mol. The van der Waals surface area contributed by atoms with Crippen LogP contribution in [0, 0.1) is 0 Å². The van der Waals surface area contributed by atoms with Crippen molar-refractivity contribution in [3.63, 3.8) is 0 Å². The zero-order chi connectivity index (χ0) is 12.3. The Labute approximate surface area is 106 Å². The van der Waals surface area contributed by atoms with Crippen LogP contribution < -0.4 is 4.90 Å². The molecule has 4 heteroatoms. The van der Waals surface area contributed by atoms with Crippen LogP contribution in [0.25, 0.3) is 0 Å². The van der Waals surface area contributed by atoms with Gasteiger partial charge in [0.1, 0.15) is 0 Å². The standard InChI is InChI=1S/C13H12N2OS/c1-15(11-3-2-8-14-9-11)13(16)10-4-6-12(17)7-5-10/h2-9,17H,1H3.